The first-order valence-electron chi connectivity index (χ1n) is 11.7. The fourth-order valence-electron chi connectivity index (χ4n) is 4.65. The maximum atomic E-state index is 14.7. The third kappa shape index (κ3) is 4.36. The van der Waals surface area contributed by atoms with Gasteiger partial charge in [-0.15, -0.1) is 0 Å². The van der Waals surface area contributed by atoms with Crippen molar-refractivity contribution >= 4 is 34.5 Å². The van der Waals surface area contributed by atoms with Gasteiger partial charge in [-0.05, 0) is 32.4 Å². The van der Waals surface area contributed by atoms with Gasteiger partial charge in [0.05, 0.1) is 29.0 Å². The van der Waals surface area contributed by atoms with Gasteiger partial charge in [0.15, 0.2) is 11.5 Å². The van der Waals surface area contributed by atoms with Crippen molar-refractivity contribution in [2.75, 3.05) is 37.0 Å². The van der Waals surface area contributed by atoms with Gasteiger partial charge < -0.3 is 19.9 Å². The van der Waals surface area contributed by atoms with E-state index < -0.39 is 17.6 Å². The number of aryl methyl sites for hydroxylation is 2. The Morgan fingerprint density at radius 2 is 2.03 bits per heavy atom. The molecule has 0 bridgehead atoms. The van der Waals surface area contributed by atoms with Gasteiger partial charge in [0, 0.05) is 44.3 Å². The first-order valence-corrected chi connectivity index (χ1v) is 11.7. The van der Waals surface area contributed by atoms with Crippen LogP contribution in [0.1, 0.15) is 53.7 Å². The molecule has 0 fully saturated rings. The number of hydrogen-bond acceptors (Lipinski definition) is 6. The molecule has 1 aliphatic heterocycles. The van der Waals surface area contributed by atoms with Crippen molar-refractivity contribution in [3.05, 3.63) is 34.9 Å². The summed E-state index contributed by atoms with van der Waals surface area (Å²) in [6.07, 6.45) is 0.858. The molecule has 2 aromatic heterocycles. The van der Waals surface area contributed by atoms with Gasteiger partial charge in [0.1, 0.15) is 0 Å². The van der Waals surface area contributed by atoms with E-state index in [0.717, 1.165) is 17.6 Å². The number of benzene rings is 1. The van der Waals surface area contributed by atoms with Crippen LogP contribution >= 0.6 is 0 Å². The van der Waals surface area contributed by atoms with Crippen molar-refractivity contribution in [2.45, 2.75) is 47.2 Å². The highest BCUT2D eigenvalue weighted by Gasteiger charge is 2.34. The van der Waals surface area contributed by atoms with Crippen molar-refractivity contribution in [2.24, 2.45) is 11.1 Å². The van der Waals surface area contributed by atoms with E-state index in [4.69, 9.17) is 10.5 Å². The SMILES string of the molecule is CCn1nc(C)c(F)c1C(=O)Nc1nc2cc(C(N)=O)cc3c2n1C[C@@](C)(CC)CN3CCOC. The molecule has 0 spiro atoms. The van der Waals surface area contributed by atoms with Crippen LogP contribution in [0.5, 0.6) is 0 Å². The number of halogens is 1. The molecule has 10 nitrogen and oxygen atoms in total. The topological polar surface area (TPSA) is 120 Å². The third-order valence-corrected chi connectivity index (χ3v) is 6.77. The molecule has 3 heterocycles. The van der Waals surface area contributed by atoms with Crippen LogP contribution in [-0.4, -0.2) is 58.0 Å². The number of aromatic nitrogens is 4. The molecule has 3 aromatic rings. The molecule has 4 rings (SSSR count). The Kier molecular flexibility index (Phi) is 6.54. The van der Waals surface area contributed by atoms with Crippen LogP contribution < -0.4 is 16.0 Å². The van der Waals surface area contributed by atoms with E-state index in [1.165, 1.54) is 11.6 Å². The smallest absolute Gasteiger partial charge is 0.279 e. The van der Waals surface area contributed by atoms with Crippen molar-refractivity contribution < 1.29 is 18.7 Å². The molecule has 11 heteroatoms. The molecule has 35 heavy (non-hydrogen) atoms. The largest absolute Gasteiger partial charge is 0.383 e. The first-order chi connectivity index (χ1) is 16.6. The maximum Gasteiger partial charge on any atom is 0.279 e. The van der Waals surface area contributed by atoms with Gasteiger partial charge in [-0.3, -0.25) is 19.6 Å². The maximum absolute atomic E-state index is 14.7. The summed E-state index contributed by atoms with van der Waals surface area (Å²) in [6.45, 7) is 10.3. The second-order valence-corrected chi connectivity index (χ2v) is 9.35. The average Bonchev–Trinajstić information content (AvgIpc) is 3.26. The molecule has 0 unspecified atom stereocenters. The van der Waals surface area contributed by atoms with Gasteiger partial charge >= 0.3 is 0 Å². The summed E-state index contributed by atoms with van der Waals surface area (Å²) in [5, 5.41) is 6.91. The lowest BCUT2D eigenvalue weighted by Gasteiger charge is -2.34. The molecule has 0 radical (unpaired) electrons. The van der Waals surface area contributed by atoms with Crippen molar-refractivity contribution in [3.8, 4) is 0 Å². The second-order valence-electron chi connectivity index (χ2n) is 9.35. The highest BCUT2D eigenvalue weighted by molar-refractivity contribution is 6.05. The fraction of sp³-hybridized carbons (Fsp3) is 0.500. The minimum absolute atomic E-state index is 0.142. The molecule has 1 aliphatic rings. The molecule has 1 aromatic carbocycles. The van der Waals surface area contributed by atoms with E-state index in [-0.39, 0.29) is 22.8 Å². The second kappa shape index (κ2) is 9.29. The standard InChI is InChI=1S/C24H32FN7O3/c1-6-24(4)12-30(8-9-35-5)17-11-15(21(26)33)10-16-19(17)31(13-24)23(27-16)28-22(34)20-18(25)14(3)29-32(20)7-2/h10-11H,6-9,12-13H2,1-5H3,(H2,26,33)(H,27,28,34)/t24-/m0/s1. The summed E-state index contributed by atoms with van der Waals surface area (Å²) in [4.78, 5) is 32.1. The zero-order valence-electron chi connectivity index (χ0n) is 20.8. The van der Waals surface area contributed by atoms with Crippen LogP contribution in [0, 0.1) is 18.2 Å². The predicted octanol–water partition coefficient (Wildman–Crippen LogP) is 2.93. The number of anilines is 2. The number of primary amides is 1. The molecule has 0 aliphatic carbocycles. The molecule has 188 valence electrons. The number of imidazole rings is 1. The van der Waals surface area contributed by atoms with Crippen molar-refractivity contribution in [1.82, 2.24) is 19.3 Å². The monoisotopic (exact) mass is 485 g/mol. The van der Waals surface area contributed by atoms with Crippen LogP contribution in [-0.2, 0) is 17.8 Å². The number of hydrogen-bond donors (Lipinski definition) is 2. The highest BCUT2D eigenvalue weighted by atomic mass is 19.1. The van der Waals surface area contributed by atoms with E-state index >= 15 is 0 Å². The summed E-state index contributed by atoms with van der Waals surface area (Å²) < 4.78 is 23.4. The molecule has 0 saturated heterocycles. The van der Waals surface area contributed by atoms with E-state index in [9.17, 15) is 14.0 Å². The summed E-state index contributed by atoms with van der Waals surface area (Å²) in [6, 6.07) is 3.39. The van der Waals surface area contributed by atoms with Crippen LogP contribution in [0.2, 0.25) is 0 Å². The van der Waals surface area contributed by atoms with Gasteiger partial charge in [0.25, 0.3) is 5.91 Å². The Morgan fingerprint density at radius 1 is 1.29 bits per heavy atom. The molecule has 2 amide bonds. The van der Waals surface area contributed by atoms with Gasteiger partial charge in [0.2, 0.25) is 11.9 Å². The predicted molar refractivity (Wildman–Crippen MR) is 131 cm³/mol. The zero-order valence-corrected chi connectivity index (χ0v) is 20.8. The Labute approximate surface area is 203 Å². The number of carbonyl (C=O) groups is 2. The first kappa shape index (κ1) is 24.6. The van der Waals surface area contributed by atoms with Crippen LogP contribution in [0.15, 0.2) is 12.1 Å². The van der Waals surface area contributed by atoms with Gasteiger partial charge in [-0.25, -0.2) is 9.37 Å². The Hall–Kier alpha value is -3.47. The average molecular weight is 486 g/mol. The van der Waals surface area contributed by atoms with Crippen molar-refractivity contribution in [1.29, 1.82) is 0 Å². The minimum atomic E-state index is -0.655. The van der Waals surface area contributed by atoms with Crippen LogP contribution in [0.25, 0.3) is 11.0 Å². The number of amides is 2. The summed E-state index contributed by atoms with van der Waals surface area (Å²) >= 11 is 0. The van der Waals surface area contributed by atoms with Crippen molar-refractivity contribution in [3.63, 3.8) is 0 Å². The number of rotatable bonds is 8. The van der Waals surface area contributed by atoms with Gasteiger partial charge in [-0.1, -0.05) is 13.8 Å². The van der Waals surface area contributed by atoms with Crippen LogP contribution in [0.3, 0.4) is 0 Å². The number of nitrogens with one attached hydrogen (secondary N) is 1. The lowest BCUT2D eigenvalue weighted by molar-refractivity contribution is 0.0994. The molecular weight excluding hydrogens is 453 g/mol. The van der Waals surface area contributed by atoms with Gasteiger partial charge in [-0.2, -0.15) is 5.10 Å². The normalized spacial score (nSPS) is 17.6. The minimum Gasteiger partial charge on any atom is -0.383 e. The van der Waals surface area contributed by atoms with Crippen LogP contribution in [0.4, 0.5) is 16.0 Å². The molecular formula is C24H32FN7O3. The van der Waals surface area contributed by atoms with E-state index in [2.05, 4.69) is 34.1 Å². The molecule has 3 N–H and O–H groups in total. The summed E-state index contributed by atoms with van der Waals surface area (Å²) in [5.74, 6) is -1.58. The number of nitrogens with two attached hydrogens (primary N) is 1. The molecule has 0 saturated carbocycles. The Balaban J connectivity index is 1.89. The number of nitrogens with zero attached hydrogens (tertiary/aromatic N) is 5. The van der Waals surface area contributed by atoms with E-state index in [1.807, 2.05) is 4.57 Å². The lowest BCUT2D eigenvalue weighted by Crippen LogP contribution is -2.38. The fourth-order valence-corrected chi connectivity index (χ4v) is 4.65. The van der Waals surface area contributed by atoms with E-state index in [0.29, 0.717) is 43.9 Å². The summed E-state index contributed by atoms with van der Waals surface area (Å²) in [5.41, 5.74) is 7.87. The number of carbonyl (C=O) groups excluding carboxylic acids is 2. The Morgan fingerprint density at radius 3 is 2.66 bits per heavy atom. The Bertz CT molecular complexity index is 1300. The quantitative estimate of drug-likeness (QED) is 0.506. The third-order valence-electron chi connectivity index (χ3n) is 6.77. The van der Waals surface area contributed by atoms with E-state index in [1.54, 1.807) is 26.2 Å². The lowest BCUT2D eigenvalue weighted by atomic mass is 9.87. The molecule has 1 atom stereocenters. The zero-order chi connectivity index (χ0) is 25.5. The summed E-state index contributed by atoms with van der Waals surface area (Å²) in [7, 11) is 1.64. The number of ether oxygens (including phenoxy) is 1. The highest BCUT2D eigenvalue weighted by Crippen LogP contribution is 2.40. The number of methoxy groups -OCH3 is 1.